The Kier molecular flexibility index (Phi) is 6.76. The van der Waals surface area contributed by atoms with Crippen molar-refractivity contribution in [2.45, 2.75) is 31.7 Å². The van der Waals surface area contributed by atoms with E-state index in [0.717, 1.165) is 5.56 Å². The molecule has 0 aromatic heterocycles. The van der Waals surface area contributed by atoms with Crippen LogP contribution in [0.3, 0.4) is 0 Å². The summed E-state index contributed by atoms with van der Waals surface area (Å²) in [5, 5.41) is 2.76. The number of amides is 2. The predicted octanol–water partition coefficient (Wildman–Crippen LogP) is 3.60. The zero-order chi connectivity index (χ0) is 19.2. The molecule has 140 valence electrons. The molecule has 2 amide bonds. The van der Waals surface area contributed by atoms with Gasteiger partial charge in [-0.1, -0.05) is 30.3 Å². The van der Waals surface area contributed by atoms with Crippen LogP contribution in [-0.4, -0.2) is 32.4 Å². The van der Waals surface area contributed by atoms with Gasteiger partial charge in [0.05, 0.1) is 4.90 Å². The van der Waals surface area contributed by atoms with E-state index in [-0.39, 0.29) is 17.0 Å². The SMILES string of the molecule is CCN(CC)C(=O)Nc1ccc(S(=O)(=O)N[C@@H](C)c2ccccc2)cc1. The Morgan fingerprint density at radius 3 is 2.12 bits per heavy atom. The largest absolute Gasteiger partial charge is 0.325 e. The minimum Gasteiger partial charge on any atom is -0.325 e. The fraction of sp³-hybridized carbons (Fsp3) is 0.316. The van der Waals surface area contributed by atoms with Gasteiger partial charge in [0.15, 0.2) is 0 Å². The summed E-state index contributed by atoms with van der Waals surface area (Å²) in [5.74, 6) is 0. The highest BCUT2D eigenvalue weighted by atomic mass is 32.2. The molecule has 2 N–H and O–H groups in total. The van der Waals surface area contributed by atoms with Gasteiger partial charge >= 0.3 is 6.03 Å². The van der Waals surface area contributed by atoms with Crippen molar-refractivity contribution in [2.75, 3.05) is 18.4 Å². The van der Waals surface area contributed by atoms with Crippen LogP contribution in [0.25, 0.3) is 0 Å². The Balaban J connectivity index is 2.08. The highest BCUT2D eigenvalue weighted by Crippen LogP contribution is 2.18. The van der Waals surface area contributed by atoms with Crippen molar-refractivity contribution < 1.29 is 13.2 Å². The lowest BCUT2D eigenvalue weighted by Crippen LogP contribution is -2.34. The summed E-state index contributed by atoms with van der Waals surface area (Å²) in [6, 6.07) is 15.0. The molecule has 0 fully saturated rings. The molecule has 0 spiro atoms. The van der Waals surface area contributed by atoms with E-state index in [1.54, 1.807) is 24.0 Å². The van der Waals surface area contributed by atoms with Gasteiger partial charge in [0.2, 0.25) is 10.0 Å². The van der Waals surface area contributed by atoms with E-state index in [0.29, 0.717) is 18.8 Å². The van der Waals surface area contributed by atoms with Gasteiger partial charge in [-0.25, -0.2) is 17.9 Å². The molecule has 0 saturated carbocycles. The molecule has 0 saturated heterocycles. The van der Waals surface area contributed by atoms with Gasteiger partial charge in [0.25, 0.3) is 0 Å². The number of rotatable bonds is 7. The summed E-state index contributed by atoms with van der Waals surface area (Å²) in [5.41, 5.74) is 1.44. The first-order chi connectivity index (χ1) is 12.4. The zero-order valence-electron chi connectivity index (χ0n) is 15.3. The molecule has 7 heteroatoms. The number of carbonyl (C=O) groups is 1. The van der Waals surface area contributed by atoms with Crippen molar-refractivity contribution in [1.82, 2.24) is 9.62 Å². The van der Waals surface area contributed by atoms with Crippen LogP contribution in [0.4, 0.5) is 10.5 Å². The van der Waals surface area contributed by atoms with E-state index >= 15 is 0 Å². The maximum absolute atomic E-state index is 12.5. The number of nitrogens with one attached hydrogen (secondary N) is 2. The number of sulfonamides is 1. The molecule has 0 aliphatic carbocycles. The average molecular weight is 375 g/mol. The fourth-order valence-corrected chi connectivity index (χ4v) is 3.77. The van der Waals surface area contributed by atoms with Crippen molar-refractivity contribution in [3.8, 4) is 0 Å². The summed E-state index contributed by atoms with van der Waals surface area (Å²) in [6.45, 7) is 6.81. The van der Waals surface area contributed by atoms with Crippen LogP contribution in [0.5, 0.6) is 0 Å². The van der Waals surface area contributed by atoms with Crippen LogP contribution in [0.15, 0.2) is 59.5 Å². The quantitative estimate of drug-likeness (QED) is 0.776. The number of benzene rings is 2. The molecule has 6 nitrogen and oxygen atoms in total. The molecule has 0 heterocycles. The van der Waals surface area contributed by atoms with Gasteiger partial charge in [0, 0.05) is 24.8 Å². The van der Waals surface area contributed by atoms with Gasteiger partial charge in [-0.15, -0.1) is 0 Å². The maximum atomic E-state index is 12.5. The molecule has 0 unspecified atom stereocenters. The molecule has 0 radical (unpaired) electrons. The Morgan fingerprint density at radius 2 is 1.58 bits per heavy atom. The average Bonchev–Trinajstić information content (AvgIpc) is 2.63. The van der Waals surface area contributed by atoms with Crippen LogP contribution in [0.2, 0.25) is 0 Å². The molecular formula is C19H25N3O3S. The van der Waals surface area contributed by atoms with E-state index in [1.165, 1.54) is 12.1 Å². The fourth-order valence-electron chi connectivity index (χ4n) is 2.54. The first-order valence-corrected chi connectivity index (χ1v) is 10.1. The predicted molar refractivity (Wildman–Crippen MR) is 104 cm³/mol. The molecule has 2 rings (SSSR count). The lowest BCUT2D eigenvalue weighted by Gasteiger charge is -2.19. The summed E-state index contributed by atoms with van der Waals surface area (Å²) in [7, 11) is -3.65. The molecule has 0 aliphatic rings. The summed E-state index contributed by atoms with van der Waals surface area (Å²) < 4.78 is 27.7. The lowest BCUT2D eigenvalue weighted by molar-refractivity contribution is 0.217. The monoisotopic (exact) mass is 375 g/mol. The molecule has 0 aliphatic heterocycles. The van der Waals surface area contributed by atoms with E-state index in [4.69, 9.17) is 0 Å². The third-order valence-electron chi connectivity index (χ3n) is 4.10. The molecule has 2 aromatic rings. The third-order valence-corrected chi connectivity index (χ3v) is 5.65. The van der Waals surface area contributed by atoms with Crippen molar-refractivity contribution in [3.05, 3.63) is 60.2 Å². The number of urea groups is 1. The van der Waals surface area contributed by atoms with Crippen molar-refractivity contribution >= 4 is 21.7 Å². The van der Waals surface area contributed by atoms with Gasteiger partial charge in [-0.2, -0.15) is 0 Å². The van der Waals surface area contributed by atoms with Crippen molar-refractivity contribution in [3.63, 3.8) is 0 Å². The topological polar surface area (TPSA) is 78.5 Å². The first-order valence-electron chi connectivity index (χ1n) is 8.60. The molecule has 0 bridgehead atoms. The third kappa shape index (κ3) is 5.06. The van der Waals surface area contributed by atoms with Crippen LogP contribution in [-0.2, 0) is 10.0 Å². The van der Waals surface area contributed by atoms with E-state index in [1.807, 2.05) is 44.2 Å². The smallest absolute Gasteiger partial charge is 0.321 e. The van der Waals surface area contributed by atoms with Crippen LogP contribution in [0, 0.1) is 0 Å². The van der Waals surface area contributed by atoms with Gasteiger partial charge in [0.1, 0.15) is 0 Å². The molecule has 1 atom stereocenters. The van der Waals surface area contributed by atoms with Gasteiger partial charge in [-0.05, 0) is 50.6 Å². The number of carbonyl (C=O) groups excluding carboxylic acids is 1. The minimum absolute atomic E-state index is 0.154. The van der Waals surface area contributed by atoms with E-state index < -0.39 is 10.0 Å². The van der Waals surface area contributed by atoms with Crippen molar-refractivity contribution in [1.29, 1.82) is 0 Å². The Labute approximate surface area is 155 Å². The second-order valence-electron chi connectivity index (χ2n) is 5.88. The summed E-state index contributed by atoms with van der Waals surface area (Å²) in [4.78, 5) is 13.8. The van der Waals surface area contributed by atoms with Gasteiger partial charge in [-0.3, -0.25) is 0 Å². The standard InChI is InChI=1S/C19H25N3O3S/c1-4-22(5-2)19(23)20-17-11-13-18(14-12-17)26(24,25)21-15(3)16-9-7-6-8-10-16/h6-15,21H,4-5H2,1-3H3,(H,20,23)/t15-/m0/s1. The maximum Gasteiger partial charge on any atom is 0.321 e. The summed E-state index contributed by atoms with van der Waals surface area (Å²) in [6.07, 6.45) is 0. The van der Waals surface area contributed by atoms with Crippen LogP contribution in [0.1, 0.15) is 32.4 Å². The summed E-state index contributed by atoms with van der Waals surface area (Å²) >= 11 is 0. The normalized spacial score (nSPS) is 12.4. The Bertz CT molecular complexity index is 817. The number of hydrogen-bond donors (Lipinski definition) is 2. The van der Waals surface area contributed by atoms with Gasteiger partial charge < -0.3 is 10.2 Å². The number of nitrogens with zero attached hydrogens (tertiary/aromatic N) is 1. The Hall–Kier alpha value is -2.38. The highest BCUT2D eigenvalue weighted by Gasteiger charge is 2.18. The second-order valence-corrected chi connectivity index (χ2v) is 7.59. The second kappa shape index (κ2) is 8.82. The van der Waals surface area contributed by atoms with E-state index in [9.17, 15) is 13.2 Å². The first kappa shape index (κ1) is 19.9. The molecule has 26 heavy (non-hydrogen) atoms. The molecule has 2 aromatic carbocycles. The van der Waals surface area contributed by atoms with Crippen molar-refractivity contribution in [2.24, 2.45) is 0 Å². The lowest BCUT2D eigenvalue weighted by atomic mass is 10.1. The van der Waals surface area contributed by atoms with Crippen LogP contribution < -0.4 is 10.0 Å². The number of anilines is 1. The Morgan fingerprint density at radius 1 is 1.00 bits per heavy atom. The number of hydrogen-bond acceptors (Lipinski definition) is 3. The molecular weight excluding hydrogens is 350 g/mol. The van der Waals surface area contributed by atoms with Crippen LogP contribution >= 0.6 is 0 Å². The highest BCUT2D eigenvalue weighted by molar-refractivity contribution is 7.89. The van der Waals surface area contributed by atoms with E-state index in [2.05, 4.69) is 10.0 Å². The zero-order valence-corrected chi connectivity index (χ0v) is 16.1. The minimum atomic E-state index is -3.65.